The van der Waals surface area contributed by atoms with Crippen LogP contribution >= 0.6 is 0 Å². The molecule has 0 aromatic carbocycles. The van der Waals surface area contributed by atoms with Crippen LogP contribution in [-0.2, 0) is 0 Å². The van der Waals surface area contributed by atoms with Gasteiger partial charge >= 0.3 is 0 Å². The molecule has 0 aromatic heterocycles. The largest absolute Gasteiger partial charge is 0.317 e. The maximum atomic E-state index is 10.7. The molecule has 1 nitrogen and oxygen atoms in total. The zero-order chi connectivity index (χ0) is 14.6. The third kappa shape index (κ3) is 29.4. The van der Waals surface area contributed by atoms with Crippen molar-refractivity contribution < 1.29 is 4.39 Å². The molecule has 0 fully saturated rings. The Bertz CT molecular complexity index is 197. The Hall–Kier alpha value is -1.15. The third-order valence-corrected chi connectivity index (χ3v) is 1.99. The smallest absolute Gasteiger partial charge is 0.0866 e. The summed E-state index contributed by atoms with van der Waals surface area (Å²) in [6, 6.07) is 0.646. The van der Waals surface area contributed by atoms with Gasteiger partial charge in [-0.15, -0.1) is 13.2 Å². The third-order valence-electron chi connectivity index (χ3n) is 1.99. The Labute approximate surface area is 113 Å². The quantitative estimate of drug-likeness (QED) is 0.487. The highest BCUT2D eigenvalue weighted by Gasteiger charge is 1.99. The van der Waals surface area contributed by atoms with E-state index >= 15 is 0 Å². The summed E-state index contributed by atoms with van der Waals surface area (Å²) in [5, 5.41) is 3.23. The molecule has 0 radical (unpaired) electrons. The van der Waals surface area contributed by atoms with Gasteiger partial charge in [-0.25, -0.2) is 4.39 Å². The van der Waals surface area contributed by atoms with Gasteiger partial charge in [0.1, 0.15) is 0 Å². The summed E-state index contributed by atoms with van der Waals surface area (Å²) < 4.78 is 10.7. The van der Waals surface area contributed by atoms with Crippen LogP contribution in [0.1, 0.15) is 39.5 Å². The Balaban J connectivity index is -0.000000212. The minimum absolute atomic E-state index is 0.438. The Morgan fingerprint density at radius 2 is 1.72 bits per heavy atom. The number of hydrogen-bond acceptors (Lipinski definition) is 1. The van der Waals surface area contributed by atoms with Gasteiger partial charge in [-0.1, -0.05) is 45.1 Å². The minimum atomic E-state index is 0.438. The van der Waals surface area contributed by atoms with E-state index in [0.717, 1.165) is 12.8 Å². The zero-order valence-electron chi connectivity index (χ0n) is 12.3. The highest BCUT2D eigenvalue weighted by atomic mass is 19.1. The molecule has 0 heterocycles. The van der Waals surface area contributed by atoms with Crippen molar-refractivity contribution in [3.05, 3.63) is 50.4 Å². The van der Waals surface area contributed by atoms with Crippen molar-refractivity contribution in [1.29, 1.82) is 0 Å². The lowest BCUT2D eigenvalue weighted by Crippen LogP contribution is -2.23. The lowest BCUT2D eigenvalue weighted by molar-refractivity contribution is 0.522. The summed E-state index contributed by atoms with van der Waals surface area (Å²) in [5.74, 6) is 0. The summed E-state index contributed by atoms with van der Waals surface area (Å²) in [6.07, 6.45) is 11.6. The van der Waals surface area contributed by atoms with Gasteiger partial charge in [-0.05, 0) is 32.4 Å². The van der Waals surface area contributed by atoms with Crippen molar-refractivity contribution in [3.63, 3.8) is 0 Å². The molecule has 0 spiro atoms. The molecule has 0 amide bonds. The fourth-order valence-electron chi connectivity index (χ4n) is 0.981. The van der Waals surface area contributed by atoms with E-state index in [1.807, 2.05) is 19.2 Å². The summed E-state index contributed by atoms with van der Waals surface area (Å²) in [7, 11) is 2.00. The van der Waals surface area contributed by atoms with E-state index in [2.05, 4.69) is 38.9 Å². The van der Waals surface area contributed by atoms with Gasteiger partial charge in [0.25, 0.3) is 0 Å². The summed E-state index contributed by atoms with van der Waals surface area (Å²) in [5.41, 5.74) is 0. The number of rotatable bonds is 7. The van der Waals surface area contributed by atoms with Crippen LogP contribution in [0.25, 0.3) is 0 Å². The van der Waals surface area contributed by atoms with Crippen LogP contribution in [-0.4, -0.2) is 13.1 Å². The van der Waals surface area contributed by atoms with E-state index in [4.69, 9.17) is 0 Å². The number of hydrogen-bond donors (Lipinski definition) is 1. The molecular weight excluding hydrogens is 225 g/mol. The standard InChI is InChI=1S/C8H17N.C4H5F.C4H8/c1-4-6-8(9-3)7-5-2;1-2-3-4-5;1-3-4-2/h4,8-9H,1,5-7H2,2-3H3;2-4H,1H2;3H,1,4H2,2H3/b;4-3+;. The molecule has 0 aromatic rings. The molecule has 0 aliphatic carbocycles. The first kappa shape index (κ1) is 22.1. The predicted molar refractivity (Wildman–Crippen MR) is 83.5 cm³/mol. The van der Waals surface area contributed by atoms with Crippen LogP contribution in [0.5, 0.6) is 0 Å². The van der Waals surface area contributed by atoms with Gasteiger partial charge in [-0.2, -0.15) is 0 Å². The first-order chi connectivity index (χ1) is 8.67. The second kappa shape index (κ2) is 24.9. The fraction of sp³-hybridized carbons (Fsp3) is 0.500. The van der Waals surface area contributed by atoms with Crippen LogP contribution in [0.3, 0.4) is 0 Å². The summed E-state index contributed by atoms with van der Waals surface area (Å²) in [4.78, 5) is 0. The molecule has 1 unspecified atom stereocenters. The normalized spacial score (nSPS) is 10.4. The van der Waals surface area contributed by atoms with Gasteiger partial charge in [0, 0.05) is 6.04 Å². The molecule has 0 aliphatic rings. The molecule has 0 saturated heterocycles. The Morgan fingerprint density at radius 1 is 1.17 bits per heavy atom. The first-order valence-corrected chi connectivity index (χ1v) is 6.45. The molecule has 2 heteroatoms. The number of allylic oxidation sites excluding steroid dienone is 3. The SMILES string of the molecule is C=C/C=C/F.C=CCC.C=CCC(CCC)NC. The van der Waals surface area contributed by atoms with E-state index in [0.29, 0.717) is 12.4 Å². The molecule has 1 N–H and O–H groups in total. The maximum Gasteiger partial charge on any atom is 0.0866 e. The molecular formula is C16H30FN. The Kier molecular flexibility index (Phi) is 30.5. The topological polar surface area (TPSA) is 12.0 Å². The van der Waals surface area contributed by atoms with Crippen molar-refractivity contribution in [1.82, 2.24) is 5.32 Å². The maximum absolute atomic E-state index is 10.7. The molecule has 18 heavy (non-hydrogen) atoms. The molecule has 106 valence electrons. The van der Waals surface area contributed by atoms with Crippen LogP contribution in [0, 0.1) is 0 Å². The monoisotopic (exact) mass is 255 g/mol. The minimum Gasteiger partial charge on any atom is -0.317 e. The second-order valence-corrected chi connectivity index (χ2v) is 3.55. The molecule has 0 aliphatic heterocycles. The summed E-state index contributed by atoms with van der Waals surface area (Å²) >= 11 is 0. The average Bonchev–Trinajstić information content (AvgIpc) is 2.40. The molecule has 0 bridgehead atoms. The Morgan fingerprint density at radius 3 is 1.89 bits per heavy atom. The fourth-order valence-corrected chi connectivity index (χ4v) is 0.981. The van der Waals surface area contributed by atoms with Gasteiger partial charge < -0.3 is 5.32 Å². The van der Waals surface area contributed by atoms with Crippen molar-refractivity contribution in [2.45, 2.75) is 45.6 Å². The van der Waals surface area contributed by atoms with Gasteiger partial charge in [-0.3, -0.25) is 0 Å². The second-order valence-electron chi connectivity index (χ2n) is 3.55. The van der Waals surface area contributed by atoms with Crippen LogP contribution in [0.4, 0.5) is 4.39 Å². The van der Waals surface area contributed by atoms with E-state index in [1.54, 1.807) is 0 Å². The van der Waals surface area contributed by atoms with Crippen LogP contribution in [0.2, 0.25) is 0 Å². The van der Waals surface area contributed by atoms with Crippen LogP contribution in [0.15, 0.2) is 50.4 Å². The number of nitrogens with one attached hydrogen (secondary N) is 1. The zero-order valence-corrected chi connectivity index (χ0v) is 12.3. The van der Waals surface area contributed by atoms with Crippen molar-refractivity contribution in [2.24, 2.45) is 0 Å². The molecule has 0 saturated carbocycles. The summed E-state index contributed by atoms with van der Waals surface area (Å²) in [6.45, 7) is 14.7. The average molecular weight is 255 g/mol. The van der Waals surface area contributed by atoms with Gasteiger partial charge in [0.15, 0.2) is 0 Å². The molecule has 1 atom stereocenters. The predicted octanol–water partition coefficient (Wildman–Crippen LogP) is 5.19. The van der Waals surface area contributed by atoms with Crippen molar-refractivity contribution in [3.8, 4) is 0 Å². The van der Waals surface area contributed by atoms with E-state index < -0.39 is 0 Å². The highest BCUT2D eigenvalue weighted by Crippen LogP contribution is 2.00. The molecule has 0 rings (SSSR count). The number of halogens is 1. The van der Waals surface area contributed by atoms with Crippen molar-refractivity contribution in [2.75, 3.05) is 7.05 Å². The lowest BCUT2D eigenvalue weighted by Gasteiger charge is -2.11. The van der Waals surface area contributed by atoms with Gasteiger partial charge in [0.05, 0.1) is 6.33 Å². The van der Waals surface area contributed by atoms with Crippen LogP contribution < -0.4 is 5.32 Å². The highest BCUT2D eigenvalue weighted by molar-refractivity contribution is 4.91. The van der Waals surface area contributed by atoms with Gasteiger partial charge in [0.2, 0.25) is 0 Å². The van der Waals surface area contributed by atoms with E-state index in [-0.39, 0.29) is 0 Å². The van der Waals surface area contributed by atoms with E-state index in [9.17, 15) is 4.39 Å². The first-order valence-electron chi connectivity index (χ1n) is 6.45. The van der Waals surface area contributed by atoms with Crippen molar-refractivity contribution >= 4 is 0 Å². The lowest BCUT2D eigenvalue weighted by atomic mass is 10.1. The van der Waals surface area contributed by atoms with E-state index in [1.165, 1.54) is 25.0 Å².